The second kappa shape index (κ2) is 7.54. The number of carbonyl (C=O) groups is 3. The summed E-state index contributed by atoms with van der Waals surface area (Å²) in [5, 5.41) is 2.81. The molecular weight excluding hydrogens is 368 g/mol. The molecule has 6 nitrogen and oxygen atoms in total. The fraction of sp³-hybridized carbons (Fsp3) is 0.261. The van der Waals surface area contributed by atoms with Gasteiger partial charge in [0.15, 0.2) is 0 Å². The Kier molecular flexibility index (Phi) is 4.92. The first-order chi connectivity index (χ1) is 14.0. The fourth-order valence-electron chi connectivity index (χ4n) is 4.07. The summed E-state index contributed by atoms with van der Waals surface area (Å²) in [5.74, 6) is -0.509. The van der Waals surface area contributed by atoms with E-state index in [4.69, 9.17) is 4.74 Å². The molecule has 2 aromatic carbocycles. The van der Waals surface area contributed by atoms with Crippen LogP contribution in [0.1, 0.15) is 23.7 Å². The van der Waals surface area contributed by atoms with E-state index in [1.807, 2.05) is 19.1 Å². The lowest BCUT2D eigenvalue weighted by Crippen LogP contribution is -2.31. The molecular formula is C23H22N2O4. The summed E-state index contributed by atoms with van der Waals surface area (Å²) >= 11 is 0. The van der Waals surface area contributed by atoms with Crippen molar-refractivity contribution in [2.75, 3.05) is 17.3 Å². The number of fused-ring (bicyclic) bond motifs is 1. The highest BCUT2D eigenvalue weighted by Crippen LogP contribution is 2.40. The molecule has 2 aromatic rings. The van der Waals surface area contributed by atoms with Crippen LogP contribution in [0.2, 0.25) is 0 Å². The Bertz CT molecular complexity index is 996. The second-order valence-corrected chi connectivity index (χ2v) is 7.40. The zero-order chi connectivity index (χ0) is 20.5. The predicted octanol–water partition coefficient (Wildman–Crippen LogP) is 3.65. The molecule has 0 aromatic heterocycles. The molecule has 148 valence electrons. The highest BCUT2D eigenvalue weighted by Gasteiger charge is 2.50. The first-order valence-electron chi connectivity index (χ1n) is 9.59. The van der Waals surface area contributed by atoms with Crippen LogP contribution in [0.3, 0.4) is 0 Å². The molecule has 1 saturated heterocycles. The fourth-order valence-corrected chi connectivity index (χ4v) is 4.07. The highest BCUT2D eigenvalue weighted by atomic mass is 16.5. The van der Waals surface area contributed by atoms with Gasteiger partial charge in [0.2, 0.25) is 11.8 Å². The standard InChI is InChI=1S/C23H22N2O4/c1-14-5-3-8-19-20(14)23(28)25(22(19)27)17-11-9-15(10-12-17)21(26)24-16-6-4-7-18(13-16)29-2/h3-7,9-14,19-20H,8H2,1-2H3,(H,24,26)/t14-,19+,20-/m0/s1. The lowest BCUT2D eigenvalue weighted by molar-refractivity contribution is -0.122. The van der Waals surface area contributed by atoms with E-state index >= 15 is 0 Å². The minimum absolute atomic E-state index is 0.0446. The largest absolute Gasteiger partial charge is 0.497 e. The number of carbonyl (C=O) groups excluding carboxylic acids is 3. The van der Waals surface area contributed by atoms with Crippen molar-refractivity contribution in [3.8, 4) is 5.75 Å². The number of allylic oxidation sites excluding steroid dienone is 2. The van der Waals surface area contributed by atoms with Gasteiger partial charge in [-0.2, -0.15) is 0 Å². The number of hydrogen-bond acceptors (Lipinski definition) is 4. The summed E-state index contributed by atoms with van der Waals surface area (Å²) in [6.45, 7) is 1.97. The molecule has 2 aliphatic rings. The van der Waals surface area contributed by atoms with Gasteiger partial charge in [0.05, 0.1) is 24.6 Å². The van der Waals surface area contributed by atoms with Gasteiger partial charge < -0.3 is 10.1 Å². The number of anilines is 2. The van der Waals surface area contributed by atoms with E-state index < -0.39 is 0 Å². The Morgan fingerprint density at radius 2 is 1.86 bits per heavy atom. The van der Waals surface area contributed by atoms with Gasteiger partial charge >= 0.3 is 0 Å². The van der Waals surface area contributed by atoms with E-state index in [1.165, 1.54) is 4.90 Å². The summed E-state index contributed by atoms with van der Waals surface area (Å²) in [4.78, 5) is 39.4. The van der Waals surface area contributed by atoms with Gasteiger partial charge in [0.1, 0.15) is 5.75 Å². The zero-order valence-corrected chi connectivity index (χ0v) is 16.3. The van der Waals surface area contributed by atoms with Crippen molar-refractivity contribution < 1.29 is 19.1 Å². The van der Waals surface area contributed by atoms with E-state index in [0.29, 0.717) is 29.1 Å². The van der Waals surface area contributed by atoms with Gasteiger partial charge in [0, 0.05) is 17.3 Å². The van der Waals surface area contributed by atoms with Gasteiger partial charge in [-0.3, -0.25) is 19.3 Å². The number of rotatable bonds is 4. The van der Waals surface area contributed by atoms with Crippen molar-refractivity contribution in [2.24, 2.45) is 17.8 Å². The summed E-state index contributed by atoms with van der Waals surface area (Å²) in [5.41, 5.74) is 1.55. The normalized spacial score (nSPS) is 23.1. The van der Waals surface area contributed by atoms with Crippen LogP contribution in [0.25, 0.3) is 0 Å². The number of methoxy groups -OCH3 is 1. The molecule has 0 spiro atoms. The van der Waals surface area contributed by atoms with E-state index in [0.717, 1.165) is 0 Å². The number of imide groups is 1. The molecule has 3 atom stereocenters. The minimum Gasteiger partial charge on any atom is -0.497 e. The van der Waals surface area contributed by atoms with Gasteiger partial charge in [0.25, 0.3) is 5.91 Å². The summed E-state index contributed by atoms with van der Waals surface area (Å²) in [7, 11) is 1.56. The number of benzene rings is 2. The first-order valence-corrected chi connectivity index (χ1v) is 9.59. The van der Waals surface area contributed by atoms with E-state index in [9.17, 15) is 14.4 Å². The Labute approximate surface area is 169 Å². The zero-order valence-electron chi connectivity index (χ0n) is 16.3. The molecule has 1 N–H and O–H groups in total. The van der Waals surface area contributed by atoms with Crippen LogP contribution >= 0.6 is 0 Å². The highest BCUT2D eigenvalue weighted by molar-refractivity contribution is 6.22. The number of hydrogen-bond donors (Lipinski definition) is 1. The SMILES string of the molecule is COc1cccc(NC(=O)c2ccc(N3C(=O)[C@H]4[C@@H](C)C=CC[C@H]4C3=O)cc2)c1. The van der Waals surface area contributed by atoms with Crippen LogP contribution < -0.4 is 15.0 Å². The monoisotopic (exact) mass is 390 g/mol. The molecule has 0 bridgehead atoms. The lowest BCUT2D eigenvalue weighted by Gasteiger charge is -2.22. The average Bonchev–Trinajstić information content (AvgIpc) is 2.99. The van der Waals surface area contributed by atoms with E-state index in [1.54, 1.807) is 55.6 Å². The quantitative estimate of drug-likeness (QED) is 0.639. The van der Waals surface area contributed by atoms with Crippen molar-refractivity contribution in [3.05, 3.63) is 66.2 Å². The lowest BCUT2D eigenvalue weighted by atomic mass is 9.78. The molecule has 0 saturated carbocycles. The molecule has 3 amide bonds. The first kappa shape index (κ1) is 18.9. The molecule has 6 heteroatoms. The Balaban J connectivity index is 1.51. The number of ether oxygens (including phenoxy) is 1. The minimum atomic E-state index is -0.302. The van der Waals surface area contributed by atoms with Gasteiger partial charge in [-0.05, 0) is 48.7 Å². The van der Waals surface area contributed by atoms with Gasteiger partial charge in [-0.15, -0.1) is 0 Å². The van der Waals surface area contributed by atoms with Crippen LogP contribution in [0.4, 0.5) is 11.4 Å². The van der Waals surface area contributed by atoms with Crippen LogP contribution in [-0.2, 0) is 9.59 Å². The third-order valence-corrected chi connectivity index (χ3v) is 5.59. The molecule has 4 rings (SSSR count). The van der Waals surface area contributed by atoms with Crippen molar-refractivity contribution in [2.45, 2.75) is 13.3 Å². The number of nitrogens with one attached hydrogen (secondary N) is 1. The van der Waals surface area contributed by atoms with Gasteiger partial charge in [-0.1, -0.05) is 25.1 Å². The molecule has 1 fully saturated rings. The molecule has 29 heavy (non-hydrogen) atoms. The van der Waals surface area contributed by atoms with Crippen LogP contribution in [0.15, 0.2) is 60.7 Å². The van der Waals surface area contributed by atoms with Crippen LogP contribution in [0, 0.1) is 17.8 Å². The third kappa shape index (κ3) is 3.42. The maximum atomic E-state index is 12.9. The van der Waals surface area contributed by atoms with Crippen molar-refractivity contribution in [1.29, 1.82) is 0 Å². The molecule has 0 radical (unpaired) electrons. The second-order valence-electron chi connectivity index (χ2n) is 7.40. The Morgan fingerprint density at radius 1 is 1.10 bits per heavy atom. The maximum absolute atomic E-state index is 12.9. The predicted molar refractivity (Wildman–Crippen MR) is 110 cm³/mol. The Morgan fingerprint density at radius 3 is 2.55 bits per heavy atom. The van der Waals surface area contributed by atoms with Crippen LogP contribution in [0.5, 0.6) is 5.75 Å². The summed E-state index contributed by atoms with van der Waals surface area (Å²) in [6, 6.07) is 13.6. The summed E-state index contributed by atoms with van der Waals surface area (Å²) in [6.07, 6.45) is 4.57. The molecule has 1 aliphatic heterocycles. The molecule has 0 unspecified atom stereocenters. The summed E-state index contributed by atoms with van der Waals surface area (Å²) < 4.78 is 5.16. The number of amides is 3. The van der Waals surface area contributed by atoms with Crippen molar-refractivity contribution in [1.82, 2.24) is 0 Å². The topological polar surface area (TPSA) is 75.7 Å². The number of nitrogens with zero attached hydrogens (tertiary/aromatic N) is 1. The van der Waals surface area contributed by atoms with Crippen LogP contribution in [-0.4, -0.2) is 24.8 Å². The molecule has 1 heterocycles. The van der Waals surface area contributed by atoms with Crippen molar-refractivity contribution >= 4 is 29.1 Å². The average molecular weight is 390 g/mol. The van der Waals surface area contributed by atoms with E-state index in [2.05, 4.69) is 5.32 Å². The van der Waals surface area contributed by atoms with E-state index in [-0.39, 0.29) is 35.5 Å². The third-order valence-electron chi connectivity index (χ3n) is 5.59. The molecule has 1 aliphatic carbocycles. The van der Waals surface area contributed by atoms with Crippen molar-refractivity contribution in [3.63, 3.8) is 0 Å². The van der Waals surface area contributed by atoms with Gasteiger partial charge in [-0.25, -0.2) is 0 Å². The maximum Gasteiger partial charge on any atom is 0.255 e. The Hall–Kier alpha value is -3.41. The smallest absolute Gasteiger partial charge is 0.255 e.